The minimum Gasteiger partial charge on any atom is -0.507 e. The number of phenols is 1. The van der Waals surface area contributed by atoms with Gasteiger partial charge in [-0.05, 0) is 45.4 Å². The predicted octanol–water partition coefficient (Wildman–Crippen LogP) is 7.17. The Kier molecular flexibility index (Phi) is 5.37. The Morgan fingerprint density at radius 2 is 1.48 bits per heavy atom. The van der Waals surface area contributed by atoms with Crippen molar-refractivity contribution in [3.8, 4) is 16.9 Å². The van der Waals surface area contributed by atoms with E-state index >= 15 is 0 Å². The molecule has 0 aliphatic rings. The van der Waals surface area contributed by atoms with Crippen LogP contribution in [0.1, 0.15) is 84.4 Å². The molecule has 2 rings (SSSR count). The predicted molar refractivity (Wildman–Crippen MR) is 110 cm³/mol. The second-order valence-corrected chi connectivity index (χ2v) is 9.29. The molecule has 25 heavy (non-hydrogen) atoms. The number of benzene rings is 2. The summed E-state index contributed by atoms with van der Waals surface area (Å²) in [7, 11) is 0. The molecule has 0 bridgehead atoms. The lowest BCUT2D eigenvalue weighted by Crippen LogP contribution is -2.20. The van der Waals surface area contributed by atoms with Gasteiger partial charge in [0.15, 0.2) is 0 Å². The third-order valence-corrected chi connectivity index (χ3v) is 5.09. The van der Waals surface area contributed by atoms with E-state index in [1.54, 1.807) is 0 Å². The maximum atomic E-state index is 11.3. The summed E-state index contributed by atoms with van der Waals surface area (Å²) in [6.07, 6.45) is 1.08. The van der Waals surface area contributed by atoms with Gasteiger partial charge in [-0.15, -0.1) is 0 Å². The van der Waals surface area contributed by atoms with Crippen molar-refractivity contribution in [2.75, 3.05) is 0 Å². The molecule has 1 atom stereocenters. The first-order valence-electron chi connectivity index (χ1n) is 9.44. The van der Waals surface area contributed by atoms with Crippen LogP contribution in [0.4, 0.5) is 0 Å². The van der Waals surface area contributed by atoms with Crippen LogP contribution in [0.5, 0.6) is 5.75 Å². The molecule has 0 saturated heterocycles. The number of rotatable bonds is 3. The molecule has 1 unspecified atom stereocenters. The SMILES string of the molecule is CCC(C)c1cc(C(C)(C)C)c(O)c(C(C)(C)C)c1-c1ccccc1. The van der Waals surface area contributed by atoms with E-state index in [0.29, 0.717) is 11.7 Å². The van der Waals surface area contributed by atoms with Crippen molar-refractivity contribution in [1.82, 2.24) is 0 Å². The lowest BCUT2D eigenvalue weighted by atomic mass is 9.72. The van der Waals surface area contributed by atoms with Gasteiger partial charge in [0, 0.05) is 5.56 Å². The Balaban J connectivity index is 3.00. The average molecular weight is 339 g/mol. The summed E-state index contributed by atoms with van der Waals surface area (Å²) in [5.74, 6) is 0.906. The van der Waals surface area contributed by atoms with Gasteiger partial charge in [0.05, 0.1) is 0 Å². The molecule has 2 aromatic carbocycles. The van der Waals surface area contributed by atoms with Crippen LogP contribution in [0.15, 0.2) is 36.4 Å². The van der Waals surface area contributed by atoms with Crippen LogP contribution in [0, 0.1) is 0 Å². The maximum Gasteiger partial charge on any atom is 0.123 e. The molecule has 0 radical (unpaired) electrons. The Morgan fingerprint density at radius 3 is 1.92 bits per heavy atom. The molecule has 0 saturated carbocycles. The normalized spacial score (nSPS) is 13.8. The van der Waals surface area contributed by atoms with Crippen LogP contribution in [-0.4, -0.2) is 5.11 Å². The lowest BCUT2D eigenvalue weighted by Gasteiger charge is -2.33. The first-order chi connectivity index (χ1) is 11.5. The highest BCUT2D eigenvalue weighted by molar-refractivity contribution is 5.77. The van der Waals surface area contributed by atoms with Crippen molar-refractivity contribution in [2.45, 2.75) is 78.6 Å². The van der Waals surface area contributed by atoms with Crippen molar-refractivity contribution < 1.29 is 5.11 Å². The molecular weight excluding hydrogens is 304 g/mol. The van der Waals surface area contributed by atoms with Crippen LogP contribution in [0.3, 0.4) is 0 Å². The molecule has 1 N–H and O–H groups in total. The van der Waals surface area contributed by atoms with E-state index in [1.807, 2.05) is 6.07 Å². The van der Waals surface area contributed by atoms with Crippen molar-refractivity contribution in [3.05, 3.63) is 53.1 Å². The Bertz CT molecular complexity index is 727. The molecule has 0 aliphatic heterocycles. The molecule has 1 nitrogen and oxygen atoms in total. The van der Waals surface area contributed by atoms with Crippen LogP contribution >= 0.6 is 0 Å². The maximum absolute atomic E-state index is 11.3. The highest BCUT2D eigenvalue weighted by Gasteiger charge is 2.31. The van der Waals surface area contributed by atoms with Gasteiger partial charge >= 0.3 is 0 Å². The molecule has 0 aromatic heterocycles. The van der Waals surface area contributed by atoms with Crippen molar-refractivity contribution in [2.24, 2.45) is 0 Å². The van der Waals surface area contributed by atoms with Gasteiger partial charge < -0.3 is 5.11 Å². The summed E-state index contributed by atoms with van der Waals surface area (Å²) >= 11 is 0. The largest absolute Gasteiger partial charge is 0.507 e. The first kappa shape index (κ1) is 19.6. The van der Waals surface area contributed by atoms with Gasteiger partial charge in [0.25, 0.3) is 0 Å². The molecule has 136 valence electrons. The van der Waals surface area contributed by atoms with E-state index in [1.165, 1.54) is 16.7 Å². The number of hydrogen-bond donors (Lipinski definition) is 1. The van der Waals surface area contributed by atoms with E-state index in [2.05, 4.69) is 85.7 Å². The quantitative estimate of drug-likeness (QED) is 0.629. The van der Waals surface area contributed by atoms with E-state index < -0.39 is 0 Å². The molecule has 0 heterocycles. The highest BCUT2D eigenvalue weighted by Crippen LogP contribution is 2.48. The van der Waals surface area contributed by atoms with Gasteiger partial charge in [-0.25, -0.2) is 0 Å². The molecule has 0 fully saturated rings. The summed E-state index contributed by atoms with van der Waals surface area (Å²) < 4.78 is 0. The van der Waals surface area contributed by atoms with Crippen LogP contribution in [0.2, 0.25) is 0 Å². The second kappa shape index (κ2) is 6.86. The highest BCUT2D eigenvalue weighted by atomic mass is 16.3. The van der Waals surface area contributed by atoms with E-state index in [-0.39, 0.29) is 10.8 Å². The minimum absolute atomic E-state index is 0.0957. The zero-order valence-electron chi connectivity index (χ0n) is 17.2. The fourth-order valence-electron chi connectivity index (χ4n) is 3.52. The van der Waals surface area contributed by atoms with Gasteiger partial charge in [-0.1, -0.05) is 91.8 Å². The minimum atomic E-state index is -0.140. The summed E-state index contributed by atoms with van der Waals surface area (Å²) in [6, 6.07) is 12.8. The molecule has 2 aromatic rings. The van der Waals surface area contributed by atoms with Crippen molar-refractivity contribution >= 4 is 0 Å². The summed E-state index contributed by atoms with van der Waals surface area (Å²) in [6.45, 7) is 17.6. The van der Waals surface area contributed by atoms with Gasteiger partial charge in [-0.2, -0.15) is 0 Å². The second-order valence-electron chi connectivity index (χ2n) is 9.29. The fourth-order valence-corrected chi connectivity index (χ4v) is 3.52. The smallest absolute Gasteiger partial charge is 0.123 e. The molecule has 0 spiro atoms. The van der Waals surface area contributed by atoms with Crippen LogP contribution in [0.25, 0.3) is 11.1 Å². The third-order valence-electron chi connectivity index (χ3n) is 5.09. The zero-order chi connectivity index (χ0) is 19.0. The van der Waals surface area contributed by atoms with Gasteiger partial charge in [0.1, 0.15) is 5.75 Å². The van der Waals surface area contributed by atoms with Crippen molar-refractivity contribution in [1.29, 1.82) is 0 Å². The summed E-state index contributed by atoms with van der Waals surface area (Å²) in [5, 5.41) is 11.3. The third kappa shape index (κ3) is 3.92. The number of aromatic hydroxyl groups is 1. The Morgan fingerprint density at radius 1 is 0.920 bits per heavy atom. The molecule has 1 heteroatoms. The van der Waals surface area contributed by atoms with Crippen LogP contribution < -0.4 is 0 Å². The average Bonchev–Trinajstić information content (AvgIpc) is 2.52. The van der Waals surface area contributed by atoms with E-state index in [4.69, 9.17) is 0 Å². The number of hydrogen-bond acceptors (Lipinski definition) is 1. The first-order valence-corrected chi connectivity index (χ1v) is 9.44. The molecule has 0 amide bonds. The van der Waals surface area contributed by atoms with Gasteiger partial charge in [-0.3, -0.25) is 0 Å². The fraction of sp³-hybridized carbons (Fsp3) is 0.500. The standard InChI is InChI=1S/C24H34O/c1-9-16(2)18-15-19(23(3,4)5)22(25)21(24(6,7)8)20(18)17-13-11-10-12-14-17/h10-16,25H,9H2,1-8H3. The lowest BCUT2D eigenvalue weighted by molar-refractivity contribution is 0.423. The van der Waals surface area contributed by atoms with Crippen LogP contribution in [-0.2, 0) is 10.8 Å². The van der Waals surface area contributed by atoms with E-state index in [9.17, 15) is 5.11 Å². The number of phenolic OH excluding ortho intramolecular Hbond substituents is 1. The zero-order valence-corrected chi connectivity index (χ0v) is 17.2. The van der Waals surface area contributed by atoms with Crippen molar-refractivity contribution in [3.63, 3.8) is 0 Å². The topological polar surface area (TPSA) is 20.2 Å². The molecular formula is C24H34O. The summed E-state index contributed by atoms with van der Waals surface area (Å²) in [5.41, 5.74) is 5.64. The Hall–Kier alpha value is -1.76. The summed E-state index contributed by atoms with van der Waals surface area (Å²) in [4.78, 5) is 0. The molecule has 0 aliphatic carbocycles. The monoisotopic (exact) mass is 338 g/mol. The Labute approximate surface area is 154 Å². The van der Waals surface area contributed by atoms with Gasteiger partial charge in [0.2, 0.25) is 0 Å². The van der Waals surface area contributed by atoms with E-state index in [0.717, 1.165) is 17.5 Å².